The molecule has 0 spiro atoms. The van der Waals surface area contributed by atoms with E-state index in [1.807, 2.05) is 38.1 Å². The highest BCUT2D eigenvalue weighted by molar-refractivity contribution is 5.93. The fourth-order valence-electron chi connectivity index (χ4n) is 2.83. The van der Waals surface area contributed by atoms with Gasteiger partial charge in [-0.15, -0.1) is 0 Å². The van der Waals surface area contributed by atoms with Crippen molar-refractivity contribution in [3.8, 4) is 11.3 Å². The van der Waals surface area contributed by atoms with Gasteiger partial charge in [0.05, 0.1) is 18.9 Å². The molecule has 1 aliphatic heterocycles. The summed E-state index contributed by atoms with van der Waals surface area (Å²) < 4.78 is 5.34. The van der Waals surface area contributed by atoms with Gasteiger partial charge in [0.15, 0.2) is 0 Å². The van der Waals surface area contributed by atoms with Gasteiger partial charge >= 0.3 is 0 Å². The van der Waals surface area contributed by atoms with E-state index in [1.165, 1.54) is 5.56 Å². The molecule has 0 aliphatic carbocycles. The minimum atomic E-state index is -0.123. The summed E-state index contributed by atoms with van der Waals surface area (Å²) in [5.74, 6) is -0.123. The number of nitrogens with one attached hydrogen (secondary N) is 2. The largest absolute Gasteiger partial charge is 0.379 e. The first-order valence-corrected chi connectivity index (χ1v) is 8.35. The van der Waals surface area contributed by atoms with Crippen LogP contribution >= 0.6 is 0 Å². The number of amides is 1. The fraction of sp³-hybridized carbons (Fsp3) is 0.444. The van der Waals surface area contributed by atoms with Crippen LogP contribution in [0.1, 0.15) is 23.0 Å². The van der Waals surface area contributed by atoms with Gasteiger partial charge in [-0.3, -0.25) is 14.8 Å². The van der Waals surface area contributed by atoms with Crippen molar-refractivity contribution in [3.05, 3.63) is 41.6 Å². The van der Waals surface area contributed by atoms with Crippen LogP contribution in [0.3, 0.4) is 0 Å². The van der Waals surface area contributed by atoms with Gasteiger partial charge in [0.25, 0.3) is 5.91 Å². The summed E-state index contributed by atoms with van der Waals surface area (Å²) in [6, 6.07) is 9.95. The number of morpholine rings is 1. The predicted octanol–water partition coefficient (Wildman–Crippen LogP) is 1.84. The van der Waals surface area contributed by atoms with Crippen molar-refractivity contribution in [3.63, 3.8) is 0 Å². The molecule has 1 aromatic heterocycles. The number of carbonyl (C=O) groups is 1. The molecule has 2 N–H and O–H groups in total. The smallest absolute Gasteiger partial charge is 0.269 e. The molecule has 1 atom stereocenters. The first-order chi connectivity index (χ1) is 11.6. The van der Waals surface area contributed by atoms with E-state index in [0.717, 1.165) is 44.1 Å². The second-order valence-corrected chi connectivity index (χ2v) is 6.32. The number of benzene rings is 1. The van der Waals surface area contributed by atoms with Crippen LogP contribution in [-0.4, -0.2) is 59.9 Å². The molecule has 1 aliphatic rings. The Morgan fingerprint density at radius 2 is 2.04 bits per heavy atom. The molecule has 0 saturated carbocycles. The molecule has 0 radical (unpaired) electrons. The molecule has 6 heteroatoms. The van der Waals surface area contributed by atoms with Crippen molar-refractivity contribution in [2.24, 2.45) is 0 Å². The van der Waals surface area contributed by atoms with Crippen molar-refractivity contribution >= 4 is 5.91 Å². The molecule has 1 saturated heterocycles. The van der Waals surface area contributed by atoms with Crippen LogP contribution in [-0.2, 0) is 4.74 Å². The number of carbonyl (C=O) groups excluding carboxylic acids is 1. The number of aromatic amines is 1. The Morgan fingerprint density at radius 3 is 2.75 bits per heavy atom. The van der Waals surface area contributed by atoms with Gasteiger partial charge < -0.3 is 10.1 Å². The highest BCUT2D eigenvalue weighted by atomic mass is 16.5. The van der Waals surface area contributed by atoms with E-state index in [1.54, 1.807) is 6.07 Å². The summed E-state index contributed by atoms with van der Waals surface area (Å²) in [4.78, 5) is 14.7. The van der Waals surface area contributed by atoms with Crippen LogP contribution in [0.5, 0.6) is 0 Å². The van der Waals surface area contributed by atoms with Crippen LogP contribution in [0.2, 0.25) is 0 Å². The number of hydrogen-bond donors (Lipinski definition) is 2. The van der Waals surface area contributed by atoms with Crippen molar-refractivity contribution in [2.45, 2.75) is 19.9 Å². The van der Waals surface area contributed by atoms with E-state index in [9.17, 15) is 4.79 Å². The summed E-state index contributed by atoms with van der Waals surface area (Å²) in [7, 11) is 0. The maximum Gasteiger partial charge on any atom is 0.269 e. The minimum absolute atomic E-state index is 0.0710. The number of aryl methyl sites for hydroxylation is 1. The van der Waals surface area contributed by atoms with E-state index in [0.29, 0.717) is 5.69 Å². The van der Waals surface area contributed by atoms with Gasteiger partial charge in [-0.05, 0) is 19.9 Å². The summed E-state index contributed by atoms with van der Waals surface area (Å²) in [5, 5.41) is 10.1. The van der Waals surface area contributed by atoms with Crippen LogP contribution in [0.4, 0.5) is 0 Å². The molecular weight excluding hydrogens is 304 g/mol. The number of H-pyrrole nitrogens is 1. The maximum absolute atomic E-state index is 12.4. The molecule has 2 heterocycles. The van der Waals surface area contributed by atoms with Crippen molar-refractivity contribution in [1.29, 1.82) is 0 Å². The van der Waals surface area contributed by atoms with Crippen LogP contribution in [0.15, 0.2) is 30.3 Å². The molecule has 24 heavy (non-hydrogen) atoms. The zero-order chi connectivity index (χ0) is 16.9. The highest BCUT2D eigenvalue weighted by Crippen LogP contribution is 2.18. The summed E-state index contributed by atoms with van der Waals surface area (Å²) in [5.41, 5.74) is 3.46. The number of nitrogens with zero attached hydrogens (tertiary/aromatic N) is 2. The summed E-state index contributed by atoms with van der Waals surface area (Å²) in [6.45, 7) is 8.26. The molecule has 2 aromatic rings. The zero-order valence-electron chi connectivity index (χ0n) is 14.2. The lowest BCUT2D eigenvalue weighted by Gasteiger charge is -2.29. The Hall–Kier alpha value is -2.18. The second-order valence-electron chi connectivity index (χ2n) is 6.32. The normalized spacial score (nSPS) is 16.8. The van der Waals surface area contributed by atoms with Gasteiger partial charge in [-0.1, -0.05) is 29.8 Å². The predicted molar refractivity (Wildman–Crippen MR) is 92.9 cm³/mol. The van der Waals surface area contributed by atoms with Gasteiger partial charge in [-0.2, -0.15) is 5.10 Å². The molecule has 1 aromatic carbocycles. The summed E-state index contributed by atoms with van der Waals surface area (Å²) >= 11 is 0. The standard InChI is InChI=1S/C18H24N4O2/c1-13-3-5-15(6-4-13)16-11-17(21-20-16)18(23)19-14(2)12-22-7-9-24-10-8-22/h3-6,11,14H,7-10,12H2,1-2H3,(H,19,23)(H,20,21)/t14-/m1/s1. The van der Waals surface area contributed by atoms with Crippen molar-refractivity contribution < 1.29 is 9.53 Å². The monoisotopic (exact) mass is 328 g/mol. The Labute approximate surface area is 142 Å². The second kappa shape index (κ2) is 7.59. The van der Waals surface area contributed by atoms with Gasteiger partial charge in [-0.25, -0.2) is 0 Å². The third-order valence-corrected chi connectivity index (χ3v) is 4.18. The lowest BCUT2D eigenvalue weighted by molar-refractivity contribution is 0.0342. The van der Waals surface area contributed by atoms with E-state index < -0.39 is 0 Å². The molecule has 0 unspecified atom stereocenters. The van der Waals surface area contributed by atoms with E-state index in [4.69, 9.17) is 4.74 Å². The third kappa shape index (κ3) is 4.21. The SMILES string of the molecule is Cc1ccc(-c2cc(C(=O)N[C@H](C)CN3CCOCC3)[nH]n2)cc1. The average molecular weight is 328 g/mol. The summed E-state index contributed by atoms with van der Waals surface area (Å²) in [6.07, 6.45) is 0. The molecule has 6 nitrogen and oxygen atoms in total. The Kier molecular flexibility index (Phi) is 5.27. The molecule has 0 bridgehead atoms. The van der Waals surface area contributed by atoms with Gasteiger partial charge in [0.2, 0.25) is 0 Å². The molecular formula is C18H24N4O2. The topological polar surface area (TPSA) is 70.2 Å². The number of rotatable bonds is 5. The van der Waals surface area contributed by atoms with E-state index >= 15 is 0 Å². The van der Waals surface area contributed by atoms with E-state index in [-0.39, 0.29) is 11.9 Å². The third-order valence-electron chi connectivity index (χ3n) is 4.18. The molecule has 128 valence electrons. The van der Waals surface area contributed by atoms with Crippen molar-refractivity contribution in [2.75, 3.05) is 32.8 Å². The van der Waals surface area contributed by atoms with Gasteiger partial charge in [0.1, 0.15) is 5.69 Å². The average Bonchev–Trinajstić information content (AvgIpc) is 3.06. The molecule has 1 fully saturated rings. The highest BCUT2D eigenvalue weighted by Gasteiger charge is 2.17. The molecule has 1 amide bonds. The van der Waals surface area contributed by atoms with Crippen LogP contribution in [0, 0.1) is 6.92 Å². The number of hydrogen-bond acceptors (Lipinski definition) is 4. The Bertz CT molecular complexity index is 675. The first kappa shape index (κ1) is 16.7. The Balaban J connectivity index is 1.58. The zero-order valence-corrected chi connectivity index (χ0v) is 14.2. The van der Waals surface area contributed by atoms with Crippen molar-refractivity contribution in [1.82, 2.24) is 20.4 Å². The lowest BCUT2D eigenvalue weighted by atomic mass is 10.1. The fourth-order valence-corrected chi connectivity index (χ4v) is 2.83. The maximum atomic E-state index is 12.4. The van der Waals surface area contributed by atoms with E-state index in [2.05, 4.69) is 20.4 Å². The van der Waals surface area contributed by atoms with Gasteiger partial charge in [0, 0.05) is 31.2 Å². The quantitative estimate of drug-likeness (QED) is 0.878. The van der Waals surface area contributed by atoms with Crippen LogP contribution in [0.25, 0.3) is 11.3 Å². The molecule has 3 rings (SSSR count). The number of aromatic nitrogens is 2. The minimum Gasteiger partial charge on any atom is -0.379 e. The van der Waals surface area contributed by atoms with Crippen LogP contribution < -0.4 is 5.32 Å². The Morgan fingerprint density at radius 1 is 1.33 bits per heavy atom. The number of ether oxygens (including phenoxy) is 1. The first-order valence-electron chi connectivity index (χ1n) is 8.35. The lowest BCUT2D eigenvalue weighted by Crippen LogP contribution is -2.46.